The molecule has 0 unspecified atom stereocenters. The molecule has 0 bridgehead atoms. The van der Waals surface area contributed by atoms with Crippen molar-refractivity contribution in [3.05, 3.63) is 72.8 Å². The van der Waals surface area contributed by atoms with Crippen molar-refractivity contribution in [2.75, 3.05) is 14.2 Å². The molecule has 0 aliphatic rings. The van der Waals surface area contributed by atoms with E-state index in [0.717, 1.165) is 22.3 Å². The van der Waals surface area contributed by atoms with Gasteiger partial charge in [0.05, 0.1) is 25.7 Å². The number of hydrogen-bond acceptors (Lipinski definition) is 2. The van der Waals surface area contributed by atoms with E-state index >= 15 is 0 Å². The summed E-state index contributed by atoms with van der Waals surface area (Å²) >= 11 is 0. The first kappa shape index (κ1) is 23.6. The Morgan fingerprint density at radius 2 is 1.40 bits per heavy atom. The van der Waals surface area contributed by atoms with Gasteiger partial charge in [-0.15, -0.1) is 59.3 Å². The maximum Gasteiger partial charge on any atom is 4.00 e. The minimum Gasteiger partial charge on any atom is -1.00 e. The van der Waals surface area contributed by atoms with E-state index in [-0.39, 0.29) is 46.5 Å². The maximum atomic E-state index is 5.26. The van der Waals surface area contributed by atoms with Gasteiger partial charge in [0, 0.05) is 0 Å². The Kier molecular flexibility index (Phi) is 10.6. The van der Waals surface area contributed by atoms with E-state index in [1.54, 1.807) is 14.2 Å². The minimum absolute atomic E-state index is 0. The summed E-state index contributed by atoms with van der Waals surface area (Å²) in [5, 5.41) is 4.91. The Hall–Kier alpha value is -1.45. The van der Waals surface area contributed by atoms with E-state index in [4.69, 9.17) is 9.47 Å². The van der Waals surface area contributed by atoms with Gasteiger partial charge in [0.25, 0.3) is 0 Å². The van der Waals surface area contributed by atoms with Gasteiger partial charge < -0.3 is 34.3 Å². The number of ether oxygens (including phenoxy) is 2. The van der Waals surface area contributed by atoms with Crippen LogP contribution in [0.1, 0.15) is 0 Å². The Bertz CT molecular complexity index is 853. The maximum absolute atomic E-state index is 5.26. The number of benzene rings is 2. The van der Waals surface area contributed by atoms with Gasteiger partial charge in [0.1, 0.15) is 0 Å². The van der Waals surface area contributed by atoms with E-state index < -0.39 is 0 Å². The molecule has 4 aromatic rings. The molecule has 0 N–H and O–H groups in total. The van der Waals surface area contributed by atoms with Gasteiger partial charge in [-0.1, -0.05) is 17.5 Å². The SMILES string of the molecule is COc1[cH-]c2ccccc2c1OC.[Cl-].[Cl-].[Ti+4].c1ccc2[cH-]ccc2c1. The molecule has 4 aromatic carbocycles. The van der Waals surface area contributed by atoms with Crippen molar-refractivity contribution in [2.45, 2.75) is 0 Å². The normalized spacial score (nSPS) is 9.04. The summed E-state index contributed by atoms with van der Waals surface area (Å²) in [6.07, 6.45) is 0. The molecular weight excluding hydrogens is 391 g/mol. The molecule has 0 atom stereocenters. The van der Waals surface area contributed by atoms with E-state index in [0.29, 0.717) is 0 Å². The van der Waals surface area contributed by atoms with Crippen molar-refractivity contribution in [3.8, 4) is 11.5 Å². The van der Waals surface area contributed by atoms with Crippen LogP contribution in [0.25, 0.3) is 21.5 Å². The average molecular weight is 409 g/mol. The van der Waals surface area contributed by atoms with Crippen LogP contribution in [0.3, 0.4) is 0 Å². The fourth-order valence-electron chi connectivity index (χ4n) is 2.60. The van der Waals surface area contributed by atoms with Crippen LogP contribution >= 0.6 is 0 Å². The molecule has 5 heteroatoms. The third kappa shape index (κ3) is 5.26. The first-order valence-corrected chi connectivity index (χ1v) is 7.20. The van der Waals surface area contributed by atoms with Gasteiger partial charge in [-0.3, -0.25) is 0 Å². The van der Waals surface area contributed by atoms with Crippen LogP contribution < -0.4 is 34.3 Å². The zero-order valence-electron chi connectivity index (χ0n) is 14.0. The zero-order valence-corrected chi connectivity index (χ0v) is 17.1. The molecule has 0 fully saturated rings. The topological polar surface area (TPSA) is 18.5 Å². The summed E-state index contributed by atoms with van der Waals surface area (Å²) in [4.78, 5) is 0. The van der Waals surface area contributed by atoms with Crippen molar-refractivity contribution in [2.24, 2.45) is 0 Å². The Labute approximate surface area is 175 Å². The van der Waals surface area contributed by atoms with Crippen molar-refractivity contribution in [1.82, 2.24) is 0 Å². The molecule has 25 heavy (non-hydrogen) atoms. The number of methoxy groups -OCH3 is 2. The van der Waals surface area contributed by atoms with Gasteiger partial charge in [-0.25, -0.2) is 0 Å². The summed E-state index contributed by atoms with van der Waals surface area (Å²) in [6, 6.07) is 24.7. The molecule has 0 aliphatic carbocycles. The summed E-state index contributed by atoms with van der Waals surface area (Å²) in [6.45, 7) is 0. The first-order chi connectivity index (χ1) is 10.8. The molecule has 0 amide bonds. The van der Waals surface area contributed by atoms with Crippen LogP contribution in [0.15, 0.2) is 72.8 Å². The smallest absolute Gasteiger partial charge is 1.00 e. The average Bonchev–Trinajstić information content (AvgIpc) is 3.18. The molecule has 4 rings (SSSR count). The standard InChI is InChI=1S/C11H11O2.C9H7.2ClH.Ti/c1-12-10-7-8-5-3-4-6-9(8)11(10)13-2;1-2-5-9-7-3-6-8(9)4-1;;;/h3-7H,1-2H3;1-7H;2*1H;/q2*-1;;;+4/p-2. The number of fused-ring (bicyclic) bond motifs is 2. The molecule has 0 saturated carbocycles. The molecule has 128 valence electrons. The first-order valence-electron chi connectivity index (χ1n) is 7.20. The second-order valence-corrected chi connectivity index (χ2v) is 4.99. The molecule has 0 saturated heterocycles. The predicted molar refractivity (Wildman–Crippen MR) is 92.2 cm³/mol. The van der Waals surface area contributed by atoms with Crippen LogP contribution in [0.4, 0.5) is 0 Å². The van der Waals surface area contributed by atoms with Crippen LogP contribution in [-0.2, 0) is 21.7 Å². The minimum atomic E-state index is 0. The molecule has 0 radical (unpaired) electrons. The van der Waals surface area contributed by atoms with Crippen molar-refractivity contribution in [3.63, 3.8) is 0 Å². The molecule has 0 aliphatic heterocycles. The van der Waals surface area contributed by atoms with Crippen LogP contribution in [-0.4, -0.2) is 14.2 Å². The van der Waals surface area contributed by atoms with Crippen molar-refractivity contribution < 1.29 is 56.0 Å². The van der Waals surface area contributed by atoms with Crippen molar-refractivity contribution >= 4 is 21.5 Å². The predicted octanol–water partition coefficient (Wildman–Crippen LogP) is -0.860. The van der Waals surface area contributed by atoms with Crippen LogP contribution in [0.5, 0.6) is 11.5 Å². The number of hydrogen-bond donors (Lipinski definition) is 0. The van der Waals surface area contributed by atoms with Gasteiger partial charge in [0.15, 0.2) is 0 Å². The Morgan fingerprint density at radius 3 is 2.04 bits per heavy atom. The molecular formula is C20H18Cl2O2Ti. The van der Waals surface area contributed by atoms with Crippen LogP contribution in [0.2, 0.25) is 0 Å². The van der Waals surface area contributed by atoms with Crippen LogP contribution in [0, 0.1) is 0 Å². The van der Waals surface area contributed by atoms with E-state index in [2.05, 4.69) is 42.5 Å². The number of halogens is 2. The summed E-state index contributed by atoms with van der Waals surface area (Å²) in [5.41, 5.74) is 0. The monoisotopic (exact) mass is 408 g/mol. The van der Waals surface area contributed by atoms with Gasteiger partial charge in [0.2, 0.25) is 0 Å². The number of rotatable bonds is 2. The van der Waals surface area contributed by atoms with Crippen molar-refractivity contribution in [1.29, 1.82) is 0 Å². The van der Waals surface area contributed by atoms with Gasteiger partial charge >= 0.3 is 21.7 Å². The molecule has 2 nitrogen and oxygen atoms in total. The molecule has 0 heterocycles. The molecule has 0 aromatic heterocycles. The third-order valence-electron chi connectivity index (χ3n) is 3.69. The molecule has 0 spiro atoms. The third-order valence-corrected chi connectivity index (χ3v) is 3.69. The quantitative estimate of drug-likeness (QED) is 0.317. The van der Waals surface area contributed by atoms with E-state index in [9.17, 15) is 0 Å². The largest absolute Gasteiger partial charge is 4.00 e. The van der Waals surface area contributed by atoms with Gasteiger partial charge in [-0.2, -0.15) is 17.5 Å². The summed E-state index contributed by atoms with van der Waals surface area (Å²) < 4.78 is 10.5. The zero-order chi connectivity index (χ0) is 15.4. The second kappa shape index (κ2) is 11.2. The van der Waals surface area contributed by atoms with Gasteiger partial charge in [-0.05, 0) is 0 Å². The fraction of sp³-hybridized carbons (Fsp3) is 0.100. The second-order valence-electron chi connectivity index (χ2n) is 4.99. The Balaban J connectivity index is 0.000000430. The van der Waals surface area contributed by atoms with E-state index in [1.165, 1.54) is 10.8 Å². The summed E-state index contributed by atoms with van der Waals surface area (Å²) in [5.74, 6) is 1.61. The van der Waals surface area contributed by atoms with E-state index in [1.807, 2.05) is 30.3 Å². The fourth-order valence-corrected chi connectivity index (χ4v) is 2.60. The Morgan fingerprint density at radius 1 is 0.760 bits per heavy atom. The summed E-state index contributed by atoms with van der Waals surface area (Å²) in [7, 11) is 3.31.